The topological polar surface area (TPSA) is 64.1 Å². The van der Waals surface area contributed by atoms with Crippen molar-refractivity contribution in [2.24, 2.45) is 0 Å². The Morgan fingerprint density at radius 2 is 2.46 bits per heavy atom. The number of ether oxygens (including phenoxy) is 1. The first-order chi connectivity index (χ1) is 6.34. The molecular weight excluding hydrogens is 170 g/mol. The summed E-state index contributed by atoms with van der Waals surface area (Å²) in [6, 6.07) is 0. The monoisotopic (exact) mass is 181 g/mol. The Morgan fingerprint density at radius 1 is 1.62 bits per heavy atom. The van der Waals surface area contributed by atoms with E-state index in [0.29, 0.717) is 18.8 Å². The van der Waals surface area contributed by atoms with Crippen molar-refractivity contribution in [2.75, 3.05) is 20.3 Å². The maximum absolute atomic E-state index is 11.3. The van der Waals surface area contributed by atoms with Gasteiger partial charge in [-0.25, -0.2) is 4.98 Å². The van der Waals surface area contributed by atoms with E-state index in [-0.39, 0.29) is 5.91 Å². The van der Waals surface area contributed by atoms with Crippen LogP contribution in [0.4, 0.5) is 0 Å². The summed E-state index contributed by atoms with van der Waals surface area (Å²) >= 11 is 0. The van der Waals surface area contributed by atoms with Gasteiger partial charge < -0.3 is 10.1 Å². The van der Waals surface area contributed by atoms with Crippen LogP contribution in [0.25, 0.3) is 0 Å². The number of hydrogen-bond acceptors (Lipinski definition) is 4. The van der Waals surface area contributed by atoms with Crippen LogP contribution in [0, 0.1) is 0 Å². The Balaban J connectivity index is 2.40. The van der Waals surface area contributed by atoms with Gasteiger partial charge in [0.05, 0.1) is 12.8 Å². The zero-order valence-electron chi connectivity index (χ0n) is 7.36. The van der Waals surface area contributed by atoms with Gasteiger partial charge in [0, 0.05) is 26.0 Å². The minimum Gasteiger partial charge on any atom is -0.383 e. The molecular formula is C8H11N3O2. The van der Waals surface area contributed by atoms with Crippen molar-refractivity contribution in [3.63, 3.8) is 0 Å². The molecule has 0 spiro atoms. The molecule has 0 saturated carbocycles. The van der Waals surface area contributed by atoms with Crippen LogP contribution in [-0.4, -0.2) is 36.1 Å². The van der Waals surface area contributed by atoms with Crippen LogP contribution in [0.2, 0.25) is 0 Å². The highest BCUT2D eigenvalue weighted by Gasteiger charge is 2.04. The Hall–Kier alpha value is -1.49. The third-order valence-electron chi connectivity index (χ3n) is 1.39. The second kappa shape index (κ2) is 5.21. The molecule has 1 N–H and O–H groups in total. The van der Waals surface area contributed by atoms with E-state index in [1.807, 2.05) is 0 Å². The van der Waals surface area contributed by atoms with Gasteiger partial charge in [-0.3, -0.25) is 9.78 Å². The Kier molecular flexibility index (Phi) is 3.84. The van der Waals surface area contributed by atoms with E-state index in [1.54, 1.807) is 7.11 Å². The molecule has 0 bridgehead atoms. The van der Waals surface area contributed by atoms with E-state index in [9.17, 15) is 4.79 Å². The van der Waals surface area contributed by atoms with Gasteiger partial charge in [0.25, 0.3) is 5.91 Å². The van der Waals surface area contributed by atoms with Gasteiger partial charge in [-0.2, -0.15) is 0 Å². The Morgan fingerprint density at radius 3 is 3.08 bits per heavy atom. The largest absolute Gasteiger partial charge is 0.383 e. The number of methoxy groups -OCH3 is 1. The van der Waals surface area contributed by atoms with Crippen molar-refractivity contribution in [3.05, 3.63) is 24.3 Å². The van der Waals surface area contributed by atoms with Gasteiger partial charge >= 0.3 is 0 Å². The molecule has 1 rings (SSSR count). The van der Waals surface area contributed by atoms with Crippen LogP contribution >= 0.6 is 0 Å². The van der Waals surface area contributed by atoms with Crippen molar-refractivity contribution in [1.29, 1.82) is 0 Å². The number of carbonyl (C=O) groups excluding carboxylic acids is 1. The van der Waals surface area contributed by atoms with Crippen molar-refractivity contribution in [1.82, 2.24) is 15.3 Å². The molecule has 1 amide bonds. The third kappa shape index (κ3) is 3.16. The highest BCUT2D eigenvalue weighted by atomic mass is 16.5. The SMILES string of the molecule is COCCNC(=O)c1cnccn1. The molecule has 13 heavy (non-hydrogen) atoms. The minimum absolute atomic E-state index is 0.231. The number of aromatic nitrogens is 2. The molecule has 0 radical (unpaired) electrons. The lowest BCUT2D eigenvalue weighted by molar-refractivity contribution is 0.0931. The zero-order chi connectivity index (χ0) is 9.52. The lowest BCUT2D eigenvalue weighted by Crippen LogP contribution is -2.27. The summed E-state index contributed by atoms with van der Waals surface area (Å²) in [4.78, 5) is 18.9. The lowest BCUT2D eigenvalue weighted by Gasteiger charge is -2.02. The number of hydrogen-bond donors (Lipinski definition) is 1. The molecule has 1 aromatic heterocycles. The van der Waals surface area contributed by atoms with Gasteiger partial charge in [-0.05, 0) is 0 Å². The van der Waals surface area contributed by atoms with Crippen molar-refractivity contribution >= 4 is 5.91 Å². The number of amides is 1. The summed E-state index contributed by atoms with van der Waals surface area (Å²) in [6.07, 6.45) is 4.42. The van der Waals surface area contributed by atoms with Crippen LogP contribution in [0.5, 0.6) is 0 Å². The number of nitrogens with zero attached hydrogens (tertiary/aromatic N) is 2. The molecule has 0 atom stereocenters. The van der Waals surface area contributed by atoms with Crippen LogP contribution in [0.3, 0.4) is 0 Å². The van der Waals surface area contributed by atoms with Gasteiger partial charge in [0.15, 0.2) is 0 Å². The molecule has 0 aliphatic carbocycles. The van der Waals surface area contributed by atoms with Gasteiger partial charge in [0.1, 0.15) is 5.69 Å². The first kappa shape index (κ1) is 9.60. The van der Waals surface area contributed by atoms with Crippen molar-refractivity contribution < 1.29 is 9.53 Å². The second-order valence-corrected chi connectivity index (χ2v) is 2.34. The summed E-state index contributed by atoms with van der Waals surface area (Å²) in [7, 11) is 1.58. The Labute approximate surface area is 76.2 Å². The minimum atomic E-state index is -0.231. The van der Waals surface area contributed by atoms with E-state index in [1.165, 1.54) is 18.6 Å². The lowest BCUT2D eigenvalue weighted by atomic mass is 10.4. The molecule has 70 valence electrons. The number of rotatable bonds is 4. The number of carbonyl (C=O) groups is 1. The molecule has 1 heterocycles. The summed E-state index contributed by atoms with van der Waals surface area (Å²) < 4.78 is 4.78. The van der Waals surface area contributed by atoms with E-state index in [0.717, 1.165) is 0 Å². The molecule has 0 saturated heterocycles. The maximum Gasteiger partial charge on any atom is 0.271 e. The standard InChI is InChI=1S/C8H11N3O2/c1-13-5-4-11-8(12)7-6-9-2-3-10-7/h2-3,6H,4-5H2,1H3,(H,11,12). The summed E-state index contributed by atoms with van der Waals surface area (Å²) in [6.45, 7) is 0.970. The predicted molar refractivity (Wildman–Crippen MR) is 46.2 cm³/mol. The fraction of sp³-hybridized carbons (Fsp3) is 0.375. The van der Waals surface area contributed by atoms with Crippen molar-refractivity contribution in [2.45, 2.75) is 0 Å². The summed E-state index contributed by atoms with van der Waals surface area (Å²) in [5, 5.41) is 2.63. The summed E-state index contributed by atoms with van der Waals surface area (Å²) in [5.74, 6) is -0.231. The first-order valence-electron chi connectivity index (χ1n) is 3.87. The fourth-order valence-electron chi connectivity index (χ4n) is 0.774. The highest BCUT2D eigenvalue weighted by Crippen LogP contribution is 1.88. The van der Waals surface area contributed by atoms with Crippen molar-refractivity contribution in [3.8, 4) is 0 Å². The average Bonchev–Trinajstić information content (AvgIpc) is 2.19. The van der Waals surface area contributed by atoms with E-state index < -0.39 is 0 Å². The molecule has 5 heteroatoms. The zero-order valence-corrected chi connectivity index (χ0v) is 7.36. The maximum atomic E-state index is 11.3. The van der Waals surface area contributed by atoms with E-state index in [4.69, 9.17) is 4.74 Å². The smallest absolute Gasteiger partial charge is 0.271 e. The molecule has 0 aliphatic heterocycles. The molecule has 1 aromatic rings. The van der Waals surface area contributed by atoms with Crippen LogP contribution < -0.4 is 5.32 Å². The highest BCUT2D eigenvalue weighted by molar-refractivity contribution is 5.91. The predicted octanol–water partition coefficient (Wildman–Crippen LogP) is -0.147. The van der Waals surface area contributed by atoms with Gasteiger partial charge in [0.2, 0.25) is 0 Å². The fourth-order valence-corrected chi connectivity index (χ4v) is 0.774. The Bertz CT molecular complexity index is 263. The van der Waals surface area contributed by atoms with Crippen LogP contribution in [-0.2, 0) is 4.74 Å². The quantitative estimate of drug-likeness (QED) is 0.656. The first-order valence-corrected chi connectivity index (χ1v) is 3.87. The van der Waals surface area contributed by atoms with Gasteiger partial charge in [-0.1, -0.05) is 0 Å². The molecule has 5 nitrogen and oxygen atoms in total. The van der Waals surface area contributed by atoms with Crippen LogP contribution in [0.1, 0.15) is 10.5 Å². The third-order valence-corrected chi connectivity index (χ3v) is 1.39. The molecule has 0 unspecified atom stereocenters. The normalized spacial score (nSPS) is 9.62. The number of nitrogens with one attached hydrogen (secondary N) is 1. The summed E-state index contributed by atoms with van der Waals surface area (Å²) in [5.41, 5.74) is 0.318. The molecule has 0 aromatic carbocycles. The molecule has 0 aliphatic rings. The van der Waals surface area contributed by atoms with Gasteiger partial charge in [-0.15, -0.1) is 0 Å². The molecule has 0 fully saturated rings. The van der Waals surface area contributed by atoms with Crippen LogP contribution in [0.15, 0.2) is 18.6 Å². The second-order valence-electron chi connectivity index (χ2n) is 2.34. The average molecular weight is 181 g/mol. The van der Waals surface area contributed by atoms with E-state index >= 15 is 0 Å². The van der Waals surface area contributed by atoms with E-state index in [2.05, 4.69) is 15.3 Å².